The molecule has 0 unspecified atom stereocenters. The molecule has 2 bridgehead atoms. The van der Waals surface area contributed by atoms with Gasteiger partial charge in [-0.05, 0) is 78.6 Å². The fraction of sp³-hybridized carbons (Fsp3) is 0.219. The molecule has 42 heavy (non-hydrogen) atoms. The first-order valence-electron chi connectivity index (χ1n) is 13.8. The van der Waals surface area contributed by atoms with Gasteiger partial charge in [-0.1, -0.05) is 29.8 Å². The third kappa shape index (κ3) is 6.01. The standard InChI is InChI=1S/C32H29ClFN5O3/c33-24-7-11-26(12-8-24)36-32(42)37-27-15-22(31(41)35-16-20-4-9-25(34)10-5-20)6-13-29(27)38-17-21-14-23(19-38)28-2-1-3-30(40)39(28)18-21/h1-13,15,21,23H,14,16-19H2,(H,35,41)(H2,36,37,42)/t21-,23+/m1/s1. The first kappa shape index (κ1) is 27.5. The maximum atomic E-state index is 13.3. The number of anilines is 3. The second kappa shape index (κ2) is 11.7. The van der Waals surface area contributed by atoms with Crippen LogP contribution in [0.1, 0.15) is 34.0 Å². The van der Waals surface area contributed by atoms with Crippen LogP contribution in [0.2, 0.25) is 5.02 Å². The number of aromatic nitrogens is 1. The van der Waals surface area contributed by atoms with Gasteiger partial charge in [0.15, 0.2) is 0 Å². The Morgan fingerprint density at radius 2 is 1.69 bits per heavy atom. The summed E-state index contributed by atoms with van der Waals surface area (Å²) in [4.78, 5) is 40.9. The van der Waals surface area contributed by atoms with Gasteiger partial charge in [0.25, 0.3) is 11.5 Å². The molecule has 3 amide bonds. The molecular formula is C32H29ClFN5O3. The molecular weight excluding hydrogens is 557 g/mol. The molecule has 4 aromatic rings. The van der Waals surface area contributed by atoms with Crippen LogP contribution >= 0.6 is 11.6 Å². The number of fused-ring (bicyclic) bond motifs is 4. The van der Waals surface area contributed by atoms with E-state index >= 15 is 0 Å². The number of urea groups is 1. The Labute approximate surface area is 247 Å². The van der Waals surface area contributed by atoms with Gasteiger partial charge in [0, 0.05) is 60.1 Å². The van der Waals surface area contributed by atoms with E-state index in [0.717, 1.165) is 23.4 Å². The van der Waals surface area contributed by atoms with Crippen LogP contribution in [0.15, 0.2) is 89.7 Å². The maximum Gasteiger partial charge on any atom is 0.323 e. The van der Waals surface area contributed by atoms with E-state index in [4.69, 9.17) is 11.6 Å². The predicted molar refractivity (Wildman–Crippen MR) is 162 cm³/mol. The van der Waals surface area contributed by atoms with Crippen LogP contribution in [0, 0.1) is 11.7 Å². The maximum absolute atomic E-state index is 13.3. The van der Waals surface area contributed by atoms with Crippen LogP contribution in [0.3, 0.4) is 0 Å². The van der Waals surface area contributed by atoms with E-state index in [1.165, 1.54) is 12.1 Å². The summed E-state index contributed by atoms with van der Waals surface area (Å²) in [5.74, 6) is -0.229. The van der Waals surface area contributed by atoms with E-state index in [0.29, 0.717) is 41.6 Å². The molecule has 2 aliphatic rings. The lowest BCUT2D eigenvalue weighted by Crippen LogP contribution is -2.47. The van der Waals surface area contributed by atoms with Gasteiger partial charge in [0.2, 0.25) is 0 Å². The minimum atomic E-state index is -0.462. The monoisotopic (exact) mass is 585 g/mol. The van der Waals surface area contributed by atoms with Gasteiger partial charge in [-0.3, -0.25) is 9.59 Å². The number of nitrogens with zero attached hydrogens (tertiary/aromatic N) is 2. The predicted octanol–water partition coefficient (Wildman–Crippen LogP) is 5.84. The van der Waals surface area contributed by atoms with Crippen molar-refractivity contribution in [3.8, 4) is 0 Å². The number of hydrogen-bond donors (Lipinski definition) is 3. The van der Waals surface area contributed by atoms with Gasteiger partial charge < -0.3 is 25.4 Å². The third-order valence-corrected chi connectivity index (χ3v) is 8.05. The molecule has 3 heterocycles. The molecule has 6 rings (SSSR count). The number of amides is 3. The van der Waals surface area contributed by atoms with Crippen molar-refractivity contribution in [2.24, 2.45) is 5.92 Å². The zero-order valence-electron chi connectivity index (χ0n) is 22.6. The van der Waals surface area contributed by atoms with Crippen LogP contribution in [0.25, 0.3) is 0 Å². The van der Waals surface area contributed by atoms with Crippen molar-refractivity contribution in [3.63, 3.8) is 0 Å². The van der Waals surface area contributed by atoms with Crippen molar-refractivity contribution < 1.29 is 14.0 Å². The van der Waals surface area contributed by atoms with Gasteiger partial charge in [-0.15, -0.1) is 0 Å². The van der Waals surface area contributed by atoms with Crippen molar-refractivity contribution in [1.82, 2.24) is 9.88 Å². The fourth-order valence-corrected chi connectivity index (χ4v) is 5.98. The van der Waals surface area contributed by atoms with Crippen molar-refractivity contribution in [2.75, 3.05) is 28.6 Å². The van der Waals surface area contributed by atoms with Gasteiger partial charge >= 0.3 is 6.03 Å². The van der Waals surface area contributed by atoms with Crippen molar-refractivity contribution in [3.05, 3.63) is 123 Å². The number of piperidine rings is 1. The van der Waals surface area contributed by atoms with Gasteiger partial charge in [0.1, 0.15) is 5.82 Å². The highest BCUT2D eigenvalue weighted by molar-refractivity contribution is 6.30. The normalized spacial score (nSPS) is 17.2. The Bertz CT molecular complexity index is 1690. The molecule has 2 atom stereocenters. The number of carbonyl (C=O) groups is 2. The first-order valence-corrected chi connectivity index (χ1v) is 14.1. The van der Waals surface area contributed by atoms with Gasteiger partial charge in [0.05, 0.1) is 11.4 Å². The summed E-state index contributed by atoms with van der Waals surface area (Å²) >= 11 is 5.98. The minimum absolute atomic E-state index is 0.0212. The summed E-state index contributed by atoms with van der Waals surface area (Å²) in [6, 6.07) is 22.9. The van der Waals surface area contributed by atoms with E-state index in [2.05, 4.69) is 20.9 Å². The largest absolute Gasteiger partial charge is 0.369 e. The summed E-state index contributed by atoms with van der Waals surface area (Å²) in [5.41, 5.74) is 4.03. The first-order chi connectivity index (χ1) is 20.3. The summed E-state index contributed by atoms with van der Waals surface area (Å²) in [6.07, 6.45) is 0.990. The Kier molecular flexibility index (Phi) is 7.67. The average molecular weight is 586 g/mol. The molecule has 2 aliphatic heterocycles. The highest BCUT2D eigenvalue weighted by Gasteiger charge is 2.35. The Morgan fingerprint density at radius 1 is 0.905 bits per heavy atom. The summed E-state index contributed by atoms with van der Waals surface area (Å²) in [6.45, 7) is 2.26. The highest BCUT2D eigenvalue weighted by Crippen LogP contribution is 2.39. The minimum Gasteiger partial charge on any atom is -0.369 e. The Morgan fingerprint density at radius 3 is 2.48 bits per heavy atom. The summed E-state index contributed by atoms with van der Waals surface area (Å²) in [7, 11) is 0. The molecule has 0 saturated carbocycles. The SMILES string of the molecule is O=C(Nc1ccc(Cl)cc1)Nc1cc(C(=O)NCc2ccc(F)cc2)ccc1N1C[C@H]2C[C@@H](C1)c1cccc(=O)n1C2. The Balaban J connectivity index is 1.26. The third-order valence-electron chi connectivity index (χ3n) is 7.80. The van der Waals surface area contributed by atoms with E-state index in [-0.39, 0.29) is 35.7 Å². The zero-order chi connectivity index (χ0) is 29.2. The lowest BCUT2D eigenvalue weighted by Gasteiger charge is -2.44. The molecule has 1 fully saturated rings. The number of benzene rings is 3. The molecule has 10 heteroatoms. The second-order valence-electron chi connectivity index (χ2n) is 10.7. The van der Waals surface area contributed by atoms with Gasteiger partial charge in [-0.2, -0.15) is 0 Å². The second-order valence-corrected chi connectivity index (χ2v) is 11.2. The molecule has 8 nitrogen and oxygen atoms in total. The number of pyridine rings is 1. The van der Waals surface area contributed by atoms with E-state index in [1.807, 2.05) is 16.7 Å². The molecule has 214 valence electrons. The van der Waals surface area contributed by atoms with E-state index in [9.17, 15) is 18.8 Å². The van der Waals surface area contributed by atoms with Crippen molar-refractivity contribution in [1.29, 1.82) is 0 Å². The van der Waals surface area contributed by atoms with E-state index in [1.54, 1.807) is 60.7 Å². The molecule has 0 aliphatic carbocycles. The number of nitrogens with one attached hydrogen (secondary N) is 3. The van der Waals surface area contributed by atoms with Crippen LogP contribution in [0.4, 0.5) is 26.2 Å². The number of carbonyl (C=O) groups excluding carboxylic acids is 2. The molecule has 3 aromatic carbocycles. The lowest BCUT2D eigenvalue weighted by atomic mass is 9.83. The highest BCUT2D eigenvalue weighted by atomic mass is 35.5. The average Bonchev–Trinajstić information content (AvgIpc) is 2.98. The topological polar surface area (TPSA) is 95.5 Å². The van der Waals surface area contributed by atoms with Crippen LogP contribution in [-0.2, 0) is 13.1 Å². The summed E-state index contributed by atoms with van der Waals surface area (Å²) in [5, 5.41) is 9.17. The van der Waals surface area contributed by atoms with Crippen LogP contribution in [0.5, 0.6) is 0 Å². The molecule has 1 saturated heterocycles. The number of hydrogen-bond acceptors (Lipinski definition) is 4. The lowest BCUT2D eigenvalue weighted by molar-refractivity contribution is 0.0951. The Hall–Kier alpha value is -4.63. The fourth-order valence-electron chi connectivity index (χ4n) is 5.85. The van der Waals surface area contributed by atoms with Crippen molar-refractivity contribution >= 4 is 40.6 Å². The number of halogens is 2. The smallest absolute Gasteiger partial charge is 0.323 e. The van der Waals surface area contributed by atoms with Crippen LogP contribution in [-0.4, -0.2) is 29.6 Å². The molecule has 0 spiro atoms. The van der Waals surface area contributed by atoms with Crippen LogP contribution < -0.4 is 26.4 Å². The zero-order valence-corrected chi connectivity index (χ0v) is 23.4. The quantitative estimate of drug-likeness (QED) is 0.265. The summed E-state index contributed by atoms with van der Waals surface area (Å²) < 4.78 is 15.1. The van der Waals surface area contributed by atoms with Gasteiger partial charge in [-0.25, -0.2) is 9.18 Å². The van der Waals surface area contributed by atoms with E-state index < -0.39 is 6.03 Å². The molecule has 3 N–H and O–H groups in total. The molecule has 1 aromatic heterocycles. The molecule has 0 radical (unpaired) electrons. The number of rotatable bonds is 6. The van der Waals surface area contributed by atoms with Crippen molar-refractivity contribution in [2.45, 2.75) is 25.4 Å².